The van der Waals surface area contributed by atoms with E-state index < -0.39 is 17.6 Å². The van der Waals surface area contributed by atoms with Crippen molar-refractivity contribution in [3.63, 3.8) is 0 Å². The highest BCUT2D eigenvalue weighted by Gasteiger charge is 2.31. The smallest absolute Gasteiger partial charge is 0.373 e. The fourth-order valence-corrected chi connectivity index (χ4v) is 1.50. The number of halogens is 4. The van der Waals surface area contributed by atoms with Gasteiger partial charge in [-0.05, 0) is 18.2 Å². The van der Waals surface area contributed by atoms with Crippen molar-refractivity contribution in [3.8, 4) is 0 Å². The van der Waals surface area contributed by atoms with E-state index in [1.807, 2.05) is 0 Å². The van der Waals surface area contributed by atoms with Crippen LogP contribution in [0.3, 0.4) is 0 Å². The topological polar surface area (TPSA) is 49.8 Å². The second-order valence-corrected chi connectivity index (χ2v) is 3.86. The minimum absolute atomic E-state index is 0.183. The number of alkyl halides is 3. The molecule has 0 aliphatic rings. The van der Waals surface area contributed by atoms with Crippen molar-refractivity contribution in [3.05, 3.63) is 42.0 Å². The summed E-state index contributed by atoms with van der Waals surface area (Å²) in [6, 6.07) is 3.57. The minimum atomic E-state index is -4.54. The van der Waals surface area contributed by atoms with E-state index in [1.54, 1.807) is 7.05 Å². The second-order valence-electron chi connectivity index (χ2n) is 3.86. The molecule has 0 saturated carbocycles. The highest BCUT2D eigenvalue weighted by atomic mass is 19.4. The van der Waals surface area contributed by atoms with Crippen LogP contribution in [-0.4, -0.2) is 17.0 Å². The average Bonchev–Trinajstić information content (AvgIpc) is 2.40. The maximum absolute atomic E-state index is 13.5. The van der Waals surface area contributed by atoms with Crippen molar-refractivity contribution in [1.29, 1.82) is 0 Å². The summed E-state index contributed by atoms with van der Waals surface area (Å²) >= 11 is 0. The van der Waals surface area contributed by atoms with Crippen LogP contribution in [0.25, 0.3) is 0 Å². The monoisotopic (exact) mass is 286 g/mol. The van der Waals surface area contributed by atoms with E-state index in [4.69, 9.17) is 0 Å². The molecular formula is C12H10F4N4. The van der Waals surface area contributed by atoms with Gasteiger partial charge >= 0.3 is 6.18 Å². The summed E-state index contributed by atoms with van der Waals surface area (Å²) in [5, 5.41) is 5.23. The van der Waals surface area contributed by atoms with Crippen molar-refractivity contribution >= 4 is 17.3 Å². The Morgan fingerprint density at radius 3 is 2.40 bits per heavy atom. The molecule has 106 valence electrons. The lowest BCUT2D eigenvalue weighted by atomic mass is 10.2. The lowest BCUT2D eigenvalue weighted by Gasteiger charge is -2.11. The van der Waals surface area contributed by atoms with Gasteiger partial charge in [-0.25, -0.2) is 14.4 Å². The molecule has 0 saturated heterocycles. The first-order chi connectivity index (χ1) is 9.40. The summed E-state index contributed by atoms with van der Waals surface area (Å²) < 4.78 is 51.3. The quantitative estimate of drug-likeness (QED) is 0.849. The van der Waals surface area contributed by atoms with E-state index >= 15 is 0 Å². The highest BCUT2D eigenvalue weighted by Crippen LogP contribution is 2.32. The Balaban J connectivity index is 2.32. The lowest BCUT2D eigenvalue weighted by molar-refractivity contribution is -0.137. The molecule has 2 rings (SSSR count). The molecule has 0 aliphatic carbocycles. The molecule has 4 nitrogen and oxygen atoms in total. The molecule has 1 heterocycles. The molecule has 1 aromatic carbocycles. The number of rotatable bonds is 3. The normalized spacial score (nSPS) is 11.2. The molecule has 20 heavy (non-hydrogen) atoms. The molecule has 0 unspecified atom stereocenters. The molecule has 0 aliphatic heterocycles. The Labute approximate surface area is 111 Å². The van der Waals surface area contributed by atoms with Crippen molar-refractivity contribution in [2.75, 3.05) is 17.7 Å². The summed E-state index contributed by atoms with van der Waals surface area (Å²) in [6.45, 7) is 0. The minimum Gasteiger partial charge on any atom is -0.373 e. The Hall–Kier alpha value is -2.38. The molecular weight excluding hydrogens is 276 g/mol. The second kappa shape index (κ2) is 5.32. The average molecular weight is 286 g/mol. The van der Waals surface area contributed by atoms with Crippen LogP contribution in [0, 0.1) is 5.82 Å². The van der Waals surface area contributed by atoms with Gasteiger partial charge in [-0.2, -0.15) is 13.2 Å². The summed E-state index contributed by atoms with van der Waals surface area (Å²) in [4.78, 5) is 7.65. The van der Waals surface area contributed by atoms with Gasteiger partial charge in [-0.15, -0.1) is 0 Å². The van der Waals surface area contributed by atoms with E-state index in [2.05, 4.69) is 20.6 Å². The molecule has 0 atom stereocenters. The summed E-state index contributed by atoms with van der Waals surface area (Å²) in [5.74, 6) is -0.167. The zero-order valence-corrected chi connectivity index (χ0v) is 10.3. The third kappa shape index (κ3) is 3.14. The standard InChI is InChI=1S/C12H10F4N4/c1-17-10-5-11(19-6-18-10)20-9-4-7(12(14,15)16)2-3-8(9)13/h2-6H,1H3,(H2,17,18,19,20). The molecule has 0 amide bonds. The van der Waals surface area contributed by atoms with Crippen LogP contribution in [0.15, 0.2) is 30.6 Å². The van der Waals surface area contributed by atoms with Crippen LogP contribution in [0.1, 0.15) is 5.56 Å². The molecule has 0 bridgehead atoms. The number of hydrogen-bond donors (Lipinski definition) is 2. The molecule has 0 radical (unpaired) electrons. The molecule has 0 spiro atoms. The molecule has 2 N–H and O–H groups in total. The third-order valence-electron chi connectivity index (χ3n) is 2.48. The maximum atomic E-state index is 13.5. The van der Waals surface area contributed by atoms with E-state index in [0.717, 1.165) is 6.07 Å². The largest absolute Gasteiger partial charge is 0.416 e. The predicted molar refractivity (Wildman–Crippen MR) is 66.3 cm³/mol. The van der Waals surface area contributed by atoms with Gasteiger partial charge in [0, 0.05) is 13.1 Å². The fraction of sp³-hybridized carbons (Fsp3) is 0.167. The van der Waals surface area contributed by atoms with E-state index in [0.29, 0.717) is 18.0 Å². The number of hydrogen-bond acceptors (Lipinski definition) is 4. The first-order valence-corrected chi connectivity index (χ1v) is 5.53. The number of nitrogens with zero attached hydrogens (tertiary/aromatic N) is 2. The Kier molecular flexibility index (Phi) is 3.73. The highest BCUT2D eigenvalue weighted by molar-refractivity contribution is 5.60. The number of benzene rings is 1. The zero-order chi connectivity index (χ0) is 14.8. The van der Waals surface area contributed by atoms with Crippen molar-refractivity contribution in [1.82, 2.24) is 9.97 Å². The number of aromatic nitrogens is 2. The van der Waals surface area contributed by atoms with Gasteiger partial charge in [-0.1, -0.05) is 0 Å². The lowest BCUT2D eigenvalue weighted by Crippen LogP contribution is -2.07. The van der Waals surface area contributed by atoms with Crippen molar-refractivity contribution in [2.24, 2.45) is 0 Å². The van der Waals surface area contributed by atoms with Crippen molar-refractivity contribution in [2.45, 2.75) is 6.18 Å². The third-order valence-corrected chi connectivity index (χ3v) is 2.48. The summed E-state index contributed by atoms with van der Waals surface area (Å²) in [5.41, 5.74) is -1.25. The molecule has 0 fully saturated rings. The maximum Gasteiger partial charge on any atom is 0.416 e. The van der Waals surface area contributed by atoms with Gasteiger partial charge < -0.3 is 10.6 Å². The van der Waals surface area contributed by atoms with Crippen LogP contribution in [0.5, 0.6) is 0 Å². The van der Waals surface area contributed by atoms with Crippen LogP contribution < -0.4 is 10.6 Å². The van der Waals surface area contributed by atoms with E-state index in [1.165, 1.54) is 12.4 Å². The molecule has 2 aromatic rings. The SMILES string of the molecule is CNc1cc(Nc2cc(C(F)(F)F)ccc2F)ncn1. The molecule has 1 aromatic heterocycles. The van der Waals surface area contributed by atoms with Gasteiger partial charge in [0.25, 0.3) is 0 Å². The van der Waals surface area contributed by atoms with Crippen LogP contribution in [0.4, 0.5) is 34.9 Å². The first-order valence-electron chi connectivity index (χ1n) is 5.53. The number of nitrogens with one attached hydrogen (secondary N) is 2. The number of anilines is 3. The van der Waals surface area contributed by atoms with Gasteiger partial charge in [0.05, 0.1) is 11.3 Å². The summed E-state index contributed by atoms with van der Waals surface area (Å²) in [7, 11) is 1.62. The van der Waals surface area contributed by atoms with E-state index in [-0.39, 0.29) is 11.5 Å². The van der Waals surface area contributed by atoms with Crippen LogP contribution in [0.2, 0.25) is 0 Å². The van der Waals surface area contributed by atoms with Crippen LogP contribution >= 0.6 is 0 Å². The Bertz CT molecular complexity index is 613. The molecule has 8 heteroatoms. The van der Waals surface area contributed by atoms with Gasteiger partial charge in [0.2, 0.25) is 0 Å². The fourth-order valence-electron chi connectivity index (χ4n) is 1.50. The predicted octanol–water partition coefficient (Wildman–Crippen LogP) is 3.42. The van der Waals surface area contributed by atoms with Crippen LogP contribution in [-0.2, 0) is 6.18 Å². The first kappa shape index (κ1) is 14.0. The van der Waals surface area contributed by atoms with E-state index in [9.17, 15) is 17.6 Å². The Morgan fingerprint density at radius 1 is 1.05 bits per heavy atom. The Morgan fingerprint density at radius 2 is 1.75 bits per heavy atom. The van der Waals surface area contributed by atoms with Gasteiger partial charge in [0.15, 0.2) is 0 Å². The van der Waals surface area contributed by atoms with Gasteiger partial charge in [0.1, 0.15) is 23.8 Å². The van der Waals surface area contributed by atoms with Gasteiger partial charge in [-0.3, -0.25) is 0 Å². The van der Waals surface area contributed by atoms with Crippen molar-refractivity contribution < 1.29 is 17.6 Å². The summed E-state index contributed by atoms with van der Waals surface area (Å²) in [6.07, 6.45) is -3.33. The zero-order valence-electron chi connectivity index (χ0n) is 10.3.